The van der Waals surface area contributed by atoms with E-state index in [4.69, 9.17) is 4.42 Å². The number of nitrogens with one attached hydrogen (secondary N) is 1. The van der Waals surface area contributed by atoms with Gasteiger partial charge in [-0.3, -0.25) is 0 Å². The van der Waals surface area contributed by atoms with Gasteiger partial charge in [-0.25, -0.2) is 8.78 Å². The van der Waals surface area contributed by atoms with E-state index in [9.17, 15) is 18.7 Å². The fourth-order valence-corrected chi connectivity index (χ4v) is 2.84. The highest BCUT2D eigenvalue weighted by Crippen LogP contribution is 2.08. The van der Waals surface area contributed by atoms with Crippen LogP contribution < -0.4 is 10.0 Å². The summed E-state index contributed by atoms with van der Waals surface area (Å²) in [5.41, 5.74) is 1.71. The molecule has 1 N–H and O–H groups in total. The summed E-state index contributed by atoms with van der Waals surface area (Å²) < 4.78 is 31.9. The van der Waals surface area contributed by atoms with Gasteiger partial charge in [0, 0.05) is 11.1 Å². The Morgan fingerprint density at radius 2 is 1.62 bits per heavy atom. The van der Waals surface area contributed by atoms with Crippen molar-refractivity contribution in [3.8, 4) is 0 Å². The third-order valence-corrected chi connectivity index (χ3v) is 4.00. The first-order chi connectivity index (χ1) is 12.5. The maximum atomic E-state index is 13.5. The number of furan rings is 1. The molecule has 2 aromatic carbocycles. The average Bonchev–Trinajstić information content (AvgIpc) is 3.06. The fourth-order valence-electron chi connectivity index (χ4n) is 2.84. The molecule has 4 nitrogen and oxygen atoms in total. The predicted octanol–water partition coefficient (Wildman–Crippen LogP) is 1.71. The Morgan fingerprint density at radius 1 is 0.885 bits per heavy atom. The van der Waals surface area contributed by atoms with E-state index >= 15 is 0 Å². The molecule has 0 aliphatic rings. The van der Waals surface area contributed by atoms with E-state index in [1.165, 1.54) is 30.3 Å². The van der Waals surface area contributed by atoms with E-state index in [1.807, 2.05) is 6.07 Å². The lowest BCUT2D eigenvalue weighted by molar-refractivity contribution is -0.942. The van der Waals surface area contributed by atoms with Gasteiger partial charge in [0.15, 0.2) is 5.76 Å². The predicted molar refractivity (Wildman–Crippen MR) is 87.9 cm³/mol. The van der Waals surface area contributed by atoms with Crippen LogP contribution in [0.1, 0.15) is 27.4 Å². The summed E-state index contributed by atoms with van der Waals surface area (Å²) in [6.07, 6.45) is 0. The maximum Gasteiger partial charge on any atom is 0.159 e. The molecule has 0 radical (unpaired) electrons. The molecule has 26 heavy (non-hydrogen) atoms. The van der Waals surface area contributed by atoms with E-state index in [2.05, 4.69) is 0 Å². The van der Waals surface area contributed by atoms with E-state index in [-0.39, 0.29) is 17.4 Å². The number of carbonyl (C=O) groups is 1. The van der Waals surface area contributed by atoms with Gasteiger partial charge in [-0.2, -0.15) is 0 Å². The van der Waals surface area contributed by atoms with Crippen molar-refractivity contribution in [1.82, 2.24) is 0 Å². The average molecular weight is 357 g/mol. The minimum absolute atomic E-state index is 0.230. The SMILES string of the molecule is O=C([O-])c1ccc(C[NH+](Cc2ccc(F)cc2)Cc2cccc(F)c2)o1. The van der Waals surface area contributed by atoms with E-state index in [0.29, 0.717) is 25.4 Å². The second-order valence-electron chi connectivity index (χ2n) is 6.09. The lowest BCUT2D eigenvalue weighted by Gasteiger charge is -2.19. The molecule has 3 rings (SSSR count). The number of carbonyl (C=O) groups excluding carboxylic acids is 1. The van der Waals surface area contributed by atoms with Crippen LogP contribution in [0.5, 0.6) is 0 Å². The topological polar surface area (TPSA) is 57.7 Å². The number of benzene rings is 2. The summed E-state index contributed by atoms with van der Waals surface area (Å²) >= 11 is 0. The molecule has 1 aromatic heterocycles. The summed E-state index contributed by atoms with van der Waals surface area (Å²) in [6, 6.07) is 15.4. The quantitative estimate of drug-likeness (QED) is 0.700. The van der Waals surface area contributed by atoms with Gasteiger partial charge in [0.25, 0.3) is 0 Å². The molecule has 1 heterocycles. The number of rotatable bonds is 7. The molecule has 0 saturated heterocycles. The van der Waals surface area contributed by atoms with Crippen molar-refractivity contribution >= 4 is 5.97 Å². The largest absolute Gasteiger partial charge is 0.542 e. The normalized spacial score (nSPS) is 12.1. The summed E-state index contributed by atoms with van der Waals surface area (Å²) in [7, 11) is 0. The molecular weight excluding hydrogens is 340 g/mol. The van der Waals surface area contributed by atoms with Crippen molar-refractivity contribution in [2.24, 2.45) is 0 Å². The molecule has 3 aromatic rings. The summed E-state index contributed by atoms with van der Waals surface area (Å²) in [4.78, 5) is 11.9. The Balaban J connectivity index is 1.79. The van der Waals surface area contributed by atoms with Crippen LogP contribution in [-0.4, -0.2) is 5.97 Å². The lowest BCUT2D eigenvalue weighted by atomic mass is 10.1. The lowest BCUT2D eigenvalue weighted by Crippen LogP contribution is -3.08. The highest BCUT2D eigenvalue weighted by molar-refractivity contribution is 5.82. The third kappa shape index (κ3) is 4.77. The van der Waals surface area contributed by atoms with Gasteiger partial charge < -0.3 is 19.2 Å². The minimum atomic E-state index is -1.37. The van der Waals surface area contributed by atoms with Crippen molar-refractivity contribution in [3.63, 3.8) is 0 Å². The number of hydrogen-bond donors (Lipinski definition) is 1. The third-order valence-electron chi connectivity index (χ3n) is 4.00. The Morgan fingerprint density at radius 3 is 2.27 bits per heavy atom. The van der Waals surface area contributed by atoms with Gasteiger partial charge in [0.1, 0.15) is 43.0 Å². The van der Waals surface area contributed by atoms with Crippen LogP contribution in [0.3, 0.4) is 0 Å². The van der Waals surface area contributed by atoms with Gasteiger partial charge >= 0.3 is 0 Å². The first-order valence-corrected chi connectivity index (χ1v) is 8.12. The zero-order chi connectivity index (χ0) is 18.5. The van der Waals surface area contributed by atoms with Crippen LogP contribution in [-0.2, 0) is 19.6 Å². The molecule has 134 valence electrons. The molecule has 6 heteroatoms. The number of aromatic carboxylic acids is 1. The van der Waals surface area contributed by atoms with Gasteiger partial charge in [-0.15, -0.1) is 0 Å². The molecule has 0 aliphatic carbocycles. The van der Waals surface area contributed by atoms with Gasteiger partial charge in [-0.05, 0) is 36.4 Å². The molecule has 0 fully saturated rings. The monoisotopic (exact) mass is 357 g/mol. The van der Waals surface area contributed by atoms with E-state index < -0.39 is 5.97 Å². The van der Waals surface area contributed by atoms with Gasteiger partial charge in [-0.1, -0.05) is 24.3 Å². The summed E-state index contributed by atoms with van der Waals surface area (Å²) in [6.45, 7) is 1.43. The number of quaternary nitrogens is 1. The van der Waals surface area contributed by atoms with Crippen molar-refractivity contribution in [2.75, 3.05) is 0 Å². The zero-order valence-corrected chi connectivity index (χ0v) is 13.9. The first kappa shape index (κ1) is 17.8. The molecule has 0 aliphatic heterocycles. The zero-order valence-electron chi connectivity index (χ0n) is 13.9. The molecule has 1 atom stereocenters. The van der Waals surface area contributed by atoms with Crippen LogP contribution in [0.2, 0.25) is 0 Å². The Kier molecular flexibility index (Phi) is 5.43. The Hall–Kier alpha value is -2.99. The number of halogens is 2. The van der Waals surface area contributed by atoms with Crippen LogP contribution in [0.4, 0.5) is 8.78 Å². The van der Waals surface area contributed by atoms with Crippen LogP contribution in [0.15, 0.2) is 65.1 Å². The summed E-state index contributed by atoms with van der Waals surface area (Å²) in [5, 5.41) is 10.9. The molecule has 0 spiro atoms. The smallest absolute Gasteiger partial charge is 0.159 e. The number of carboxylic acids is 1. The molecular formula is C20H17F2NO3. The second kappa shape index (κ2) is 7.93. The standard InChI is InChI=1S/C20H17F2NO3/c21-16-6-4-14(5-7-16)11-23(12-15-2-1-3-17(22)10-15)13-18-8-9-19(26-18)20(24)25/h1-10H,11-13H2,(H,24,25). The van der Waals surface area contributed by atoms with Crippen molar-refractivity contribution in [2.45, 2.75) is 19.6 Å². The van der Waals surface area contributed by atoms with Crippen molar-refractivity contribution < 1.29 is 28.0 Å². The highest BCUT2D eigenvalue weighted by Gasteiger charge is 2.15. The summed E-state index contributed by atoms with van der Waals surface area (Å²) in [5.74, 6) is -1.75. The van der Waals surface area contributed by atoms with Crippen molar-refractivity contribution in [1.29, 1.82) is 0 Å². The highest BCUT2D eigenvalue weighted by atomic mass is 19.1. The van der Waals surface area contributed by atoms with E-state index in [1.54, 1.807) is 24.3 Å². The molecule has 0 saturated carbocycles. The Labute approximate surface area is 149 Å². The molecule has 1 unspecified atom stereocenters. The Bertz CT molecular complexity index is 890. The first-order valence-electron chi connectivity index (χ1n) is 8.12. The number of carboxylic acid groups (broad SMARTS) is 1. The molecule has 0 amide bonds. The molecule has 0 bridgehead atoms. The van der Waals surface area contributed by atoms with Gasteiger partial charge in [0.05, 0.1) is 0 Å². The number of hydrogen-bond acceptors (Lipinski definition) is 3. The van der Waals surface area contributed by atoms with Crippen LogP contribution >= 0.6 is 0 Å². The second-order valence-corrected chi connectivity index (χ2v) is 6.09. The van der Waals surface area contributed by atoms with E-state index in [0.717, 1.165) is 16.0 Å². The maximum absolute atomic E-state index is 13.5. The minimum Gasteiger partial charge on any atom is -0.542 e. The fraction of sp³-hybridized carbons (Fsp3) is 0.150. The van der Waals surface area contributed by atoms with Crippen LogP contribution in [0, 0.1) is 11.6 Å². The van der Waals surface area contributed by atoms with Crippen LogP contribution in [0.25, 0.3) is 0 Å². The van der Waals surface area contributed by atoms with Gasteiger partial charge in [0.2, 0.25) is 0 Å². The van der Waals surface area contributed by atoms with Crippen molar-refractivity contribution in [3.05, 3.63) is 94.9 Å².